The molecule has 1 aliphatic heterocycles. The van der Waals surface area contributed by atoms with Crippen molar-refractivity contribution in [1.82, 2.24) is 0 Å². The smallest absolute Gasteiger partial charge is 0.335 e. The van der Waals surface area contributed by atoms with Gasteiger partial charge >= 0.3 is 5.97 Å². The summed E-state index contributed by atoms with van der Waals surface area (Å²) in [5.41, 5.74) is 1.34. The van der Waals surface area contributed by atoms with E-state index in [1.165, 1.54) is 23.9 Å². The van der Waals surface area contributed by atoms with Crippen LogP contribution in [0.25, 0.3) is 6.08 Å². The van der Waals surface area contributed by atoms with E-state index in [0.717, 1.165) is 17.3 Å². The fourth-order valence-corrected chi connectivity index (χ4v) is 3.06. The molecule has 1 N–H and O–H groups in total. The number of benzene rings is 1. The molecule has 0 saturated heterocycles. The summed E-state index contributed by atoms with van der Waals surface area (Å²) in [6.45, 7) is 3.62. The van der Waals surface area contributed by atoms with Gasteiger partial charge < -0.3 is 5.11 Å². The second kappa shape index (κ2) is 6.58. The van der Waals surface area contributed by atoms with Crippen molar-refractivity contribution < 1.29 is 14.7 Å². The van der Waals surface area contributed by atoms with Crippen molar-refractivity contribution in [2.45, 2.75) is 0 Å². The highest BCUT2D eigenvalue weighted by Crippen LogP contribution is 2.30. The molecule has 0 unspecified atom stereocenters. The number of hydrogen-bond donors (Lipinski definition) is 1. The lowest BCUT2D eigenvalue weighted by Gasteiger charge is -1.96. The van der Waals surface area contributed by atoms with E-state index in [-0.39, 0.29) is 10.7 Å². The summed E-state index contributed by atoms with van der Waals surface area (Å²) in [6, 6.07) is 6.30. The van der Waals surface area contributed by atoms with Crippen LogP contribution in [0.4, 0.5) is 0 Å². The van der Waals surface area contributed by atoms with Gasteiger partial charge in [0.15, 0.2) is 0 Å². The summed E-state index contributed by atoms with van der Waals surface area (Å²) in [6.07, 6.45) is 3.41. The Kier molecular flexibility index (Phi) is 4.81. The number of rotatable bonds is 4. The Morgan fingerprint density at radius 2 is 2.10 bits per heavy atom. The number of aliphatic imine (C=N–C) groups is 1. The zero-order chi connectivity index (χ0) is 14.5. The third-order valence-corrected chi connectivity index (χ3v) is 4.39. The van der Waals surface area contributed by atoms with Gasteiger partial charge in [-0.2, -0.15) is 0 Å². The highest BCUT2D eigenvalue weighted by molar-refractivity contribution is 8.45. The minimum absolute atomic E-state index is 0.0983. The summed E-state index contributed by atoms with van der Waals surface area (Å²) < 4.78 is 0.711. The number of carbonyl (C=O) groups excluding carboxylic acids is 1. The zero-order valence-corrected chi connectivity index (χ0v) is 12.0. The molecule has 20 heavy (non-hydrogen) atoms. The third kappa shape index (κ3) is 3.61. The maximum absolute atomic E-state index is 11.8. The Hall–Kier alpha value is -1.79. The number of aromatic carboxylic acids is 1. The average Bonchev–Trinajstić information content (AvgIpc) is 2.77. The van der Waals surface area contributed by atoms with Gasteiger partial charge in [-0.15, -0.1) is 6.58 Å². The van der Waals surface area contributed by atoms with Crippen LogP contribution in [0.3, 0.4) is 0 Å². The van der Waals surface area contributed by atoms with Gasteiger partial charge in [0.1, 0.15) is 10.1 Å². The molecule has 0 atom stereocenters. The molecule has 0 bridgehead atoms. The van der Waals surface area contributed by atoms with Crippen LogP contribution in [0.15, 0.2) is 47.6 Å². The van der Waals surface area contributed by atoms with Crippen molar-refractivity contribution in [2.24, 2.45) is 4.99 Å². The molecular formula is C14H11NO3S2. The van der Waals surface area contributed by atoms with E-state index in [0.29, 0.717) is 15.8 Å². The SMILES string of the molecule is C=CCSC1=NC(=Cc2ccc(C(=O)O)cc2)C(=O)S1. The molecule has 0 radical (unpaired) electrons. The number of nitrogens with zero attached hydrogens (tertiary/aromatic N) is 1. The standard InChI is InChI=1S/C14H11NO3S2/c1-2-7-19-14-15-11(13(18)20-14)8-9-3-5-10(6-4-9)12(16)17/h2-6,8H,1,7H2,(H,16,17). The topological polar surface area (TPSA) is 66.7 Å². The van der Waals surface area contributed by atoms with Crippen LogP contribution in [0.2, 0.25) is 0 Å². The maximum atomic E-state index is 11.8. The first-order valence-electron chi connectivity index (χ1n) is 5.70. The molecule has 2 rings (SSSR count). The zero-order valence-electron chi connectivity index (χ0n) is 10.4. The van der Waals surface area contributed by atoms with Crippen molar-refractivity contribution in [2.75, 3.05) is 5.75 Å². The van der Waals surface area contributed by atoms with Crippen molar-refractivity contribution >= 4 is 45.1 Å². The van der Waals surface area contributed by atoms with Crippen molar-refractivity contribution in [1.29, 1.82) is 0 Å². The van der Waals surface area contributed by atoms with Crippen LogP contribution >= 0.6 is 23.5 Å². The maximum Gasteiger partial charge on any atom is 0.335 e. The van der Waals surface area contributed by atoms with E-state index >= 15 is 0 Å². The van der Waals surface area contributed by atoms with E-state index in [4.69, 9.17) is 5.11 Å². The van der Waals surface area contributed by atoms with Crippen LogP contribution in [-0.4, -0.2) is 26.3 Å². The number of thioether (sulfide) groups is 2. The Bertz CT molecular complexity index is 618. The summed E-state index contributed by atoms with van der Waals surface area (Å²) in [5, 5.41) is 8.72. The lowest BCUT2D eigenvalue weighted by molar-refractivity contribution is -0.107. The van der Waals surface area contributed by atoms with Gasteiger partial charge in [0, 0.05) is 5.75 Å². The predicted octanol–water partition coefficient (Wildman–Crippen LogP) is 3.27. The van der Waals surface area contributed by atoms with Crippen molar-refractivity contribution in [3.05, 3.63) is 53.7 Å². The van der Waals surface area contributed by atoms with E-state index in [9.17, 15) is 9.59 Å². The first-order valence-corrected chi connectivity index (χ1v) is 7.50. The molecule has 0 saturated carbocycles. The van der Waals surface area contributed by atoms with Gasteiger partial charge in [0.25, 0.3) is 0 Å². The Morgan fingerprint density at radius 1 is 1.40 bits per heavy atom. The number of hydrogen-bond acceptors (Lipinski definition) is 5. The molecule has 0 fully saturated rings. The summed E-state index contributed by atoms with van der Waals surface area (Å²) >= 11 is 2.57. The molecule has 1 aromatic rings. The predicted molar refractivity (Wildman–Crippen MR) is 84.1 cm³/mol. The molecule has 0 amide bonds. The van der Waals surface area contributed by atoms with Crippen LogP contribution < -0.4 is 0 Å². The van der Waals surface area contributed by atoms with Crippen molar-refractivity contribution in [3.63, 3.8) is 0 Å². The van der Waals surface area contributed by atoms with Gasteiger partial charge in [-0.25, -0.2) is 9.79 Å². The monoisotopic (exact) mass is 305 g/mol. The molecule has 4 nitrogen and oxygen atoms in total. The van der Waals surface area contributed by atoms with Crippen LogP contribution in [0.1, 0.15) is 15.9 Å². The number of carbonyl (C=O) groups is 2. The molecular weight excluding hydrogens is 294 g/mol. The van der Waals surface area contributed by atoms with Crippen LogP contribution in [0, 0.1) is 0 Å². The van der Waals surface area contributed by atoms with Gasteiger partial charge in [0.05, 0.1) is 5.56 Å². The normalized spacial score (nSPS) is 16.3. The molecule has 1 aromatic carbocycles. The van der Waals surface area contributed by atoms with E-state index in [1.54, 1.807) is 24.3 Å². The Balaban J connectivity index is 2.17. The fourth-order valence-electron chi connectivity index (χ4n) is 1.46. The minimum Gasteiger partial charge on any atom is -0.478 e. The van der Waals surface area contributed by atoms with E-state index in [2.05, 4.69) is 11.6 Å². The van der Waals surface area contributed by atoms with Gasteiger partial charge in [0.2, 0.25) is 5.12 Å². The van der Waals surface area contributed by atoms with Crippen LogP contribution in [0.5, 0.6) is 0 Å². The van der Waals surface area contributed by atoms with Gasteiger partial charge in [-0.05, 0) is 35.5 Å². The molecule has 1 aliphatic rings. The summed E-state index contributed by atoms with van der Waals surface area (Å²) in [7, 11) is 0. The number of carboxylic acids is 1. The molecule has 6 heteroatoms. The Morgan fingerprint density at radius 3 is 2.70 bits per heavy atom. The highest BCUT2D eigenvalue weighted by Gasteiger charge is 2.21. The summed E-state index contributed by atoms with van der Waals surface area (Å²) in [4.78, 5) is 26.8. The van der Waals surface area contributed by atoms with Gasteiger partial charge in [-0.3, -0.25) is 4.79 Å². The largest absolute Gasteiger partial charge is 0.478 e. The van der Waals surface area contributed by atoms with Crippen LogP contribution in [-0.2, 0) is 4.79 Å². The van der Waals surface area contributed by atoms with E-state index in [1.807, 2.05) is 0 Å². The average molecular weight is 305 g/mol. The third-order valence-electron chi connectivity index (χ3n) is 2.39. The number of carboxylic acid groups (broad SMARTS) is 1. The molecule has 0 aromatic heterocycles. The lowest BCUT2D eigenvalue weighted by atomic mass is 10.1. The quantitative estimate of drug-likeness (QED) is 0.683. The first kappa shape index (κ1) is 14.6. The second-order valence-corrected chi connectivity index (χ2v) is 6.05. The molecule has 0 spiro atoms. The fraction of sp³-hybridized carbons (Fsp3) is 0.0714. The lowest BCUT2D eigenvalue weighted by Crippen LogP contribution is -1.95. The second-order valence-electron chi connectivity index (χ2n) is 3.82. The molecule has 0 aliphatic carbocycles. The van der Waals surface area contributed by atoms with Gasteiger partial charge in [-0.1, -0.05) is 30.0 Å². The Labute approximate surface area is 124 Å². The molecule has 1 heterocycles. The van der Waals surface area contributed by atoms with Crippen molar-refractivity contribution in [3.8, 4) is 0 Å². The molecule has 102 valence electrons. The minimum atomic E-state index is -0.974. The summed E-state index contributed by atoms with van der Waals surface area (Å²) in [5.74, 6) is -0.266. The highest BCUT2D eigenvalue weighted by atomic mass is 32.2. The first-order chi connectivity index (χ1) is 9.60. The van der Waals surface area contributed by atoms with E-state index < -0.39 is 5.97 Å².